The van der Waals surface area contributed by atoms with Crippen molar-refractivity contribution < 1.29 is 13.2 Å². The predicted octanol–water partition coefficient (Wildman–Crippen LogP) is 2.77. The Kier molecular flexibility index (Phi) is 4.80. The number of hydrogen-bond acceptors (Lipinski definition) is 3. The summed E-state index contributed by atoms with van der Waals surface area (Å²) < 4.78 is 26.5. The SMILES string of the molecule is CC(C)CN1C(=O)CCc2cc(NS(=O)(=O)C(C)C)ccc21. The van der Waals surface area contributed by atoms with Gasteiger partial charge in [-0.25, -0.2) is 8.42 Å². The van der Waals surface area contributed by atoms with E-state index in [-0.39, 0.29) is 5.91 Å². The van der Waals surface area contributed by atoms with Crippen LogP contribution < -0.4 is 9.62 Å². The summed E-state index contributed by atoms with van der Waals surface area (Å²) >= 11 is 0. The van der Waals surface area contributed by atoms with Gasteiger partial charge in [0.25, 0.3) is 0 Å². The van der Waals surface area contributed by atoms with Crippen molar-refractivity contribution in [3.8, 4) is 0 Å². The lowest BCUT2D eigenvalue weighted by Gasteiger charge is -2.31. The van der Waals surface area contributed by atoms with E-state index in [1.54, 1.807) is 19.9 Å². The van der Waals surface area contributed by atoms with Gasteiger partial charge < -0.3 is 4.90 Å². The molecule has 5 nitrogen and oxygen atoms in total. The number of carbonyl (C=O) groups excluding carboxylic acids is 1. The minimum absolute atomic E-state index is 0.136. The van der Waals surface area contributed by atoms with Gasteiger partial charge in [-0.05, 0) is 49.9 Å². The zero-order valence-electron chi connectivity index (χ0n) is 13.6. The molecule has 0 saturated carbocycles. The fraction of sp³-hybridized carbons (Fsp3) is 0.562. The number of rotatable bonds is 5. The number of nitrogens with one attached hydrogen (secondary N) is 1. The first kappa shape index (κ1) is 16.8. The highest BCUT2D eigenvalue weighted by molar-refractivity contribution is 7.93. The molecule has 1 aliphatic heterocycles. The maximum Gasteiger partial charge on any atom is 0.235 e. The van der Waals surface area contributed by atoms with Gasteiger partial charge in [-0.15, -0.1) is 0 Å². The van der Waals surface area contributed by atoms with Crippen molar-refractivity contribution in [2.45, 2.75) is 45.8 Å². The fourth-order valence-electron chi connectivity index (χ4n) is 2.47. The summed E-state index contributed by atoms with van der Waals surface area (Å²) in [6.45, 7) is 8.12. The van der Waals surface area contributed by atoms with Gasteiger partial charge in [-0.2, -0.15) is 0 Å². The van der Waals surface area contributed by atoms with Gasteiger partial charge in [0.1, 0.15) is 0 Å². The van der Waals surface area contributed by atoms with Crippen LogP contribution in [0.25, 0.3) is 0 Å². The molecule has 1 amide bonds. The number of anilines is 2. The topological polar surface area (TPSA) is 66.5 Å². The van der Waals surface area contributed by atoms with Crippen molar-refractivity contribution in [3.63, 3.8) is 0 Å². The van der Waals surface area contributed by atoms with Gasteiger partial charge in [0, 0.05) is 24.3 Å². The van der Waals surface area contributed by atoms with E-state index in [0.29, 0.717) is 31.0 Å². The molecule has 1 aromatic carbocycles. The number of aryl methyl sites for hydroxylation is 1. The van der Waals surface area contributed by atoms with Crippen LogP contribution >= 0.6 is 0 Å². The molecule has 122 valence electrons. The Balaban J connectivity index is 2.30. The summed E-state index contributed by atoms with van der Waals surface area (Å²) in [5.74, 6) is 0.519. The molecule has 1 aromatic rings. The third kappa shape index (κ3) is 3.61. The Bertz CT molecular complexity index is 666. The smallest absolute Gasteiger partial charge is 0.235 e. The van der Waals surface area contributed by atoms with Gasteiger partial charge in [0.15, 0.2) is 0 Å². The number of hydrogen-bond donors (Lipinski definition) is 1. The number of fused-ring (bicyclic) bond motifs is 1. The second-order valence-corrected chi connectivity index (χ2v) is 8.67. The minimum atomic E-state index is -3.35. The molecule has 0 atom stereocenters. The molecule has 1 N–H and O–H groups in total. The van der Waals surface area contributed by atoms with Gasteiger partial charge in [-0.3, -0.25) is 9.52 Å². The quantitative estimate of drug-likeness (QED) is 0.905. The largest absolute Gasteiger partial charge is 0.312 e. The van der Waals surface area contributed by atoms with Crippen molar-refractivity contribution in [2.24, 2.45) is 5.92 Å². The number of nitrogens with zero attached hydrogens (tertiary/aromatic N) is 1. The molecule has 2 rings (SSSR count). The Morgan fingerprint density at radius 1 is 1.18 bits per heavy atom. The molecule has 0 aliphatic carbocycles. The highest BCUT2D eigenvalue weighted by Crippen LogP contribution is 2.31. The lowest BCUT2D eigenvalue weighted by atomic mass is 9.99. The molecule has 1 heterocycles. The molecule has 1 aliphatic rings. The average molecular weight is 324 g/mol. The van der Waals surface area contributed by atoms with Crippen LogP contribution in [0.1, 0.15) is 39.7 Å². The molecule has 0 saturated heterocycles. The molecule has 0 spiro atoms. The van der Waals surface area contributed by atoms with E-state index < -0.39 is 15.3 Å². The van der Waals surface area contributed by atoms with Crippen molar-refractivity contribution in [3.05, 3.63) is 23.8 Å². The van der Waals surface area contributed by atoms with E-state index in [4.69, 9.17) is 0 Å². The molecule has 0 bridgehead atoms. The van der Waals surface area contributed by atoms with Gasteiger partial charge >= 0.3 is 0 Å². The highest BCUT2D eigenvalue weighted by atomic mass is 32.2. The molecular formula is C16H24N2O3S. The monoisotopic (exact) mass is 324 g/mol. The Labute approximate surface area is 132 Å². The Hall–Kier alpha value is -1.56. The van der Waals surface area contributed by atoms with E-state index in [2.05, 4.69) is 18.6 Å². The molecule has 0 fully saturated rings. The van der Waals surface area contributed by atoms with E-state index in [1.165, 1.54) is 0 Å². The van der Waals surface area contributed by atoms with Gasteiger partial charge in [0.05, 0.1) is 5.25 Å². The summed E-state index contributed by atoms with van der Waals surface area (Å²) in [4.78, 5) is 13.9. The number of sulfonamides is 1. The highest BCUT2D eigenvalue weighted by Gasteiger charge is 2.25. The van der Waals surface area contributed by atoms with E-state index >= 15 is 0 Å². The molecule has 0 unspecified atom stereocenters. The Morgan fingerprint density at radius 3 is 2.45 bits per heavy atom. The summed E-state index contributed by atoms with van der Waals surface area (Å²) in [7, 11) is -3.35. The van der Waals surface area contributed by atoms with E-state index in [9.17, 15) is 13.2 Å². The van der Waals surface area contributed by atoms with Crippen LogP contribution in [0.5, 0.6) is 0 Å². The first-order valence-electron chi connectivity index (χ1n) is 7.65. The van der Waals surface area contributed by atoms with Crippen LogP contribution in [0.15, 0.2) is 18.2 Å². The van der Waals surface area contributed by atoms with E-state index in [1.807, 2.05) is 17.0 Å². The first-order chi connectivity index (χ1) is 10.2. The van der Waals surface area contributed by atoms with Crippen molar-refractivity contribution in [2.75, 3.05) is 16.2 Å². The fourth-order valence-corrected chi connectivity index (χ4v) is 3.16. The third-order valence-corrected chi connectivity index (χ3v) is 5.47. The maximum absolute atomic E-state index is 12.1. The van der Waals surface area contributed by atoms with Crippen molar-refractivity contribution in [1.29, 1.82) is 0 Å². The second-order valence-electron chi connectivity index (χ2n) is 6.44. The summed E-state index contributed by atoms with van der Waals surface area (Å²) in [6, 6.07) is 5.41. The lowest BCUT2D eigenvalue weighted by Crippen LogP contribution is -2.37. The predicted molar refractivity (Wildman–Crippen MR) is 89.6 cm³/mol. The lowest BCUT2D eigenvalue weighted by molar-refractivity contribution is -0.119. The second kappa shape index (κ2) is 6.28. The van der Waals surface area contributed by atoms with Crippen LogP contribution in [-0.2, 0) is 21.2 Å². The number of amides is 1. The van der Waals surface area contributed by atoms with Crippen molar-refractivity contribution in [1.82, 2.24) is 0 Å². The molecular weight excluding hydrogens is 300 g/mol. The standard InChI is InChI=1S/C16H24N2O3S/c1-11(2)10-18-15-7-6-14(17-22(20,21)12(3)4)9-13(15)5-8-16(18)19/h6-7,9,11-12,17H,5,8,10H2,1-4H3. The van der Waals surface area contributed by atoms with Crippen LogP contribution in [0.3, 0.4) is 0 Å². The minimum Gasteiger partial charge on any atom is -0.312 e. The zero-order valence-corrected chi connectivity index (χ0v) is 14.4. The van der Waals surface area contributed by atoms with Crippen LogP contribution in [0, 0.1) is 5.92 Å². The first-order valence-corrected chi connectivity index (χ1v) is 9.20. The maximum atomic E-state index is 12.1. The van der Waals surface area contributed by atoms with E-state index in [0.717, 1.165) is 11.3 Å². The van der Waals surface area contributed by atoms with Crippen molar-refractivity contribution >= 4 is 27.3 Å². The number of benzene rings is 1. The van der Waals surface area contributed by atoms with Crippen LogP contribution in [-0.4, -0.2) is 26.1 Å². The van der Waals surface area contributed by atoms with Gasteiger partial charge in [0.2, 0.25) is 15.9 Å². The third-order valence-electron chi connectivity index (χ3n) is 3.71. The summed E-state index contributed by atoms with van der Waals surface area (Å²) in [5.41, 5.74) is 2.48. The normalized spacial score (nSPS) is 15.4. The van der Waals surface area contributed by atoms with Crippen LogP contribution in [0.2, 0.25) is 0 Å². The summed E-state index contributed by atoms with van der Waals surface area (Å²) in [6.07, 6.45) is 1.13. The zero-order chi connectivity index (χ0) is 16.5. The molecule has 0 aromatic heterocycles. The van der Waals surface area contributed by atoms with Crippen LogP contribution in [0.4, 0.5) is 11.4 Å². The Morgan fingerprint density at radius 2 is 1.86 bits per heavy atom. The van der Waals surface area contributed by atoms with Gasteiger partial charge in [-0.1, -0.05) is 13.8 Å². The molecule has 22 heavy (non-hydrogen) atoms. The summed E-state index contributed by atoms with van der Waals surface area (Å²) in [5, 5.41) is -0.484. The average Bonchev–Trinajstić information content (AvgIpc) is 2.41. The number of carbonyl (C=O) groups is 1. The molecule has 0 radical (unpaired) electrons. The molecule has 6 heteroatoms.